The van der Waals surface area contributed by atoms with Crippen molar-refractivity contribution in [1.29, 1.82) is 0 Å². The van der Waals surface area contributed by atoms with Gasteiger partial charge in [-0.05, 0) is 42.5 Å². The van der Waals surface area contributed by atoms with E-state index in [9.17, 15) is 0 Å². The zero-order chi connectivity index (χ0) is 17.8. The Morgan fingerprint density at radius 1 is 1.00 bits per heavy atom. The molecule has 0 fully saturated rings. The summed E-state index contributed by atoms with van der Waals surface area (Å²) in [6.07, 6.45) is 6.16. The number of nitrogens with one attached hydrogen (secondary N) is 1. The van der Waals surface area contributed by atoms with Gasteiger partial charge in [-0.1, -0.05) is 6.07 Å². The first kappa shape index (κ1) is 16.1. The second kappa shape index (κ2) is 7.23. The van der Waals surface area contributed by atoms with Gasteiger partial charge in [0, 0.05) is 43.8 Å². The van der Waals surface area contributed by atoms with Crippen LogP contribution in [0, 0.1) is 0 Å². The first-order chi connectivity index (χ1) is 12.8. The molecule has 130 valence electrons. The lowest BCUT2D eigenvalue weighted by Gasteiger charge is -2.09. The molecule has 0 aliphatic heterocycles. The number of aryl methyl sites for hydroxylation is 1. The quantitative estimate of drug-likeness (QED) is 0.576. The summed E-state index contributed by atoms with van der Waals surface area (Å²) < 4.78 is 7.87. The molecular weight excluding hydrogens is 326 g/mol. The summed E-state index contributed by atoms with van der Waals surface area (Å²) in [4.78, 5) is 12.8. The van der Waals surface area contributed by atoms with Crippen molar-refractivity contribution in [1.82, 2.24) is 19.5 Å². The molecule has 0 bridgehead atoms. The molecule has 0 unspecified atom stereocenters. The molecule has 0 aliphatic rings. The maximum absolute atomic E-state index is 5.93. The Morgan fingerprint density at radius 3 is 2.69 bits per heavy atom. The monoisotopic (exact) mass is 345 g/mol. The Labute approximate surface area is 151 Å². The van der Waals surface area contributed by atoms with E-state index >= 15 is 0 Å². The molecule has 1 aromatic carbocycles. The smallest absolute Gasteiger partial charge is 0.231 e. The van der Waals surface area contributed by atoms with Crippen LogP contribution in [0.5, 0.6) is 11.6 Å². The van der Waals surface area contributed by atoms with Crippen molar-refractivity contribution >= 4 is 16.7 Å². The van der Waals surface area contributed by atoms with Crippen molar-refractivity contribution in [2.75, 3.05) is 11.9 Å². The molecule has 0 amide bonds. The Morgan fingerprint density at radius 2 is 1.88 bits per heavy atom. The zero-order valence-corrected chi connectivity index (χ0v) is 14.5. The highest BCUT2D eigenvalue weighted by atomic mass is 16.5. The summed E-state index contributed by atoms with van der Waals surface area (Å²) in [6.45, 7) is 0.827. The van der Waals surface area contributed by atoms with E-state index in [-0.39, 0.29) is 0 Å². The number of ether oxygens (including phenoxy) is 1. The molecular formula is C20H19N5O. The van der Waals surface area contributed by atoms with Crippen LogP contribution in [0.1, 0.15) is 5.69 Å². The molecule has 0 aliphatic carbocycles. The molecule has 0 saturated heterocycles. The lowest BCUT2D eigenvalue weighted by molar-refractivity contribution is 0.468. The van der Waals surface area contributed by atoms with Gasteiger partial charge >= 0.3 is 0 Å². The number of hydrogen-bond donors (Lipinski definition) is 1. The fourth-order valence-corrected chi connectivity index (χ4v) is 2.77. The highest BCUT2D eigenvalue weighted by Crippen LogP contribution is 2.27. The maximum Gasteiger partial charge on any atom is 0.231 e. The van der Waals surface area contributed by atoms with Gasteiger partial charge < -0.3 is 14.6 Å². The van der Waals surface area contributed by atoms with E-state index in [1.165, 1.54) is 6.33 Å². The van der Waals surface area contributed by atoms with Crippen molar-refractivity contribution in [3.8, 4) is 11.6 Å². The molecule has 0 spiro atoms. The molecule has 0 radical (unpaired) electrons. The van der Waals surface area contributed by atoms with Crippen molar-refractivity contribution in [2.24, 2.45) is 7.05 Å². The normalized spacial score (nSPS) is 10.8. The number of nitrogens with zero attached hydrogens (tertiary/aromatic N) is 4. The van der Waals surface area contributed by atoms with E-state index in [0.717, 1.165) is 41.1 Å². The minimum Gasteiger partial charge on any atom is -0.438 e. The molecule has 4 aromatic rings. The van der Waals surface area contributed by atoms with Gasteiger partial charge in [-0.25, -0.2) is 9.97 Å². The molecule has 0 saturated carbocycles. The molecule has 3 heterocycles. The van der Waals surface area contributed by atoms with E-state index in [2.05, 4.69) is 20.3 Å². The largest absolute Gasteiger partial charge is 0.438 e. The third kappa shape index (κ3) is 3.49. The van der Waals surface area contributed by atoms with Crippen molar-refractivity contribution in [3.63, 3.8) is 0 Å². The van der Waals surface area contributed by atoms with Crippen LogP contribution in [0.25, 0.3) is 11.0 Å². The summed E-state index contributed by atoms with van der Waals surface area (Å²) in [6, 6.07) is 15.8. The standard InChI is InChI=1S/C20H19N5O/c1-25-13-10-18-19(25)23-14-24-20(18)26-17-7-5-16(6-8-17)22-12-9-15-4-2-3-11-21-15/h2-8,10-11,13-14,22H,9,12H2,1H3. The Hall–Kier alpha value is -3.41. The number of anilines is 1. The van der Waals surface area contributed by atoms with Gasteiger partial charge in [0.15, 0.2) is 0 Å². The molecule has 4 rings (SSSR count). The highest BCUT2D eigenvalue weighted by Gasteiger charge is 2.08. The van der Waals surface area contributed by atoms with E-state index in [1.807, 2.05) is 72.5 Å². The minimum atomic E-state index is 0.562. The lowest BCUT2D eigenvalue weighted by Crippen LogP contribution is -2.05. The van der Waals surface area contributed by atoms with E-state index < -0.39 is 0 Å². The van der Waals surface area contributed by atoms with Gasteiger partial charge in [0.1, 0.15) is 17.7 Å². The van der Waals surface area contributed by atoms with Gasteiger partial charge in [-0.15, -0.1) is 0 Å². The van der Waals surface area contributed by atoms with E-state index in [0.29, 0.717) is 5.88 Å². The molecule has 0 atom stereocenters. The molecule has 26 heavy (non-hydrogen) atoms. The lowest BCUT2D eigenvalue weighted by atomic mass is 10.2. The first-order valence-electron chi connectivity index (χ1n) is 8.47. The fraction of sp³-hybridized carbons (Fsp3) is 0.150. The zero-order valence-electron chi connectivity index (χ0n) is 14.5. The van der Waals surface area contributed by atoms with Crippen molar-refractivity contribution < 1.29 is 4.74 Å². The predicted octanol–water partition coefficient (Wildman–Crippen LogP) is 3.81. The van der Waals surface area contributed by atoms with Gasteiger partial charge in [0.2, 0.25) is 5.88 Å². The average molecular weight is 345 g/mol. The number of pyridine rings is 1. The van der Waals surface area contributed by atoms with Gasteiger partial charge in [-0.2, -0.15) is 0 Å². The molecule has 1 N–H and O–H groups in total. The highest BCUT2D eigenvalue weighted by molar-refractivity contribution is 5.81. The van der Waals surface area contributed by atoms with Gasteiger partial charge in [-0.3, -0.25) is 4.98 Å². The topological polar surface area (TPSA) is 64.9 Å². The number of rotatable bonds is 6. The van der Waals surface area contributed by atoms with Gasteiger partial charge in [0.25, 0.3) is 0 Å². The first-order valence-corrected chi connectivity index (χ1v) is 8.47. The second-order valence-electron chi connectivity index (χ2n) is 5.97. The van der Waals surface area contributed by atoms with E-state index in [4.69, 9.17) is 4.74 Å². The van der Waals surface area contributed by atoms with Crippen LogP contribution in [0.2, 0.25) is 0 Å². The maximum atomic E-state index is 5.93. The van der Waals surface area contributed by atoms with Crippen LogP contribution in [-0.4, -0.2) is 26.1 Å². The Balaban J connectivity index is 1.39. The Kier molecular flexibility index (Phi) is 4.47. The summed E-state index contributed by atoms with van der Waals surface area (Å²) in [5.41, 5.74) is 2.97. The molecule has 3 aromatic heterocycles. The average Bonchev–Trinajstić information content (AvgIpc) is 3.06. The summed E-state index contributed by atoms with van der Waals surface area (Å²) in [5.74, 6) is 1.30. The van der Waals surface area contributed by atoms with Crippen LogP contribution in [-0.2, 0) is 13.5 Å². The van der Waals surface area contributed by atoms with Crippen LogP contribution in [0.4, 0.5) is 5.69 Å². The predicted molar refractivity (Wildman–Crippen MR) is 101 cm³/mol. The Bertz CT molecular complexity index is 996. The van der Waals surface area contributed by atoms with Crippen molar-refractivity contribution in [3.05, 3.63) is 72.9 Å². The van der Waals surface area contributed by atoms with Crippen LogP contribution < -0.4 is 10.1 Å². The fourth-order valence-electron chi connectivity index (χ4n) is 2.77. The van der Waals surface area contributed by atoms with Crippen molar-refractivity contribution in [2.45, 2.75) is 6.42 Å². The van der Waals surface area contributed by atoms with Crippen LogP contribution in [0.15, 0.2) is 67.3 Å². The summed E-state index contributed by atoms with van der Waals surface area (Å²) in [7, 11) is 1.95. The van der Waals surface area contributed by atoms with Crippen LogP contribution in [0.3, 0.4) is 0 Å². The number of fused-ring (bicyclic) bond motifs is 1. The summed E-state index contributed by atoms with van der Waals surface area (Å²) >= 11 is 0. The third-order valence-electron chi connectivity index (χ3n) is 4.13. The number of aromatic nitrogens is 4. The third-order valence-corrected chi connectivity index (χ3v) is 4.13. The SMILES string of the molecule is Cn1ccc2c(Oc3ccc(NCCc4ccccn4)cc3)ncnc21. The molecule has 6 nitrogen and oxygen atoms in total. The minimum absolute atomic E-state index is 0.562. The van der Waals surface area contributed by atoms with E-state index in [1.54, 1.807) is 0 Å². The number of benzene rings is 1. The van der Waals surface area contributed by atoms with Crippen LogP contribution >= 0.6 is 0 Å². The molecule has 6 heteroatoms. The second-order valence-corrected chi connectivity index (χ2v) is 5.97. The van der Waals surface area contributed by atoms with Gasteiger partial charge in [0.05, 0.1) is 5.39 Å². The summed E-state index contributed by atoms with van der Waals surface area (Å²) in [5, 5.41) is 4.29. The number of hydrogen-bond acceptors (Lipinski definition) is 5.